The minimum atomic E-state index is 0.276. The molecule has 0 bridgehead atoms. The quantitative estimate of drug-likeness (QED) is 0.762. The van der Waals surface area contributed by atoms with Crippen molar-refractivity contribution in [3.8, 4) is 11.5 Å². The van der Waals surface area contributed by atoms with Crippen molar-refractivity contribution in [3.05, 3.63) is 23.8 Å². The summed E-state index contributed by atoms with van der Waals surface area (Å²) in [5.74, 6) is 2.90. The van der Waals surface area contributed by atoms with Crippen LogP contribution in [0.1, 0.15) is 12.0 Å². The van der Waals surface area contributed by atoms with Gasteiger partial charge >= 0.3 is 0 Å². The van der Waals surface area contributed by atoms with Crippen LogP contribution < -0.4 is 9.47 Å². The molecule has 1 aliphatic heterocycles. The molecule has 6 heteroatoms. The number of rotatable bonds is 7. The van der Waals surface area contributed by atoms with Crippen LogP contribution in [0.15, 0.2) is 18.2 Å². The van der Waals surface area contributed by atoms with Crippen LogP contribution in [0.5, 0.6) is 11.5 Å². The lowest BCUT2D eigenvalue weighted by Gasteiger charge is -2.35. The van der Waals surface area contributed by atoms with Gasteiger partial charge in [0.25, 0.3) is 0 Å². The first kappa shape index (κ1) is 17.9. The van der Waals surface area contributed by atoms with Crippen LogP contribution in [-0.4, -0.2) is 68.1 Å². The molecule has 0 unspecified atom stereocenters. The second kappa shape index (κ2) is 9.03. The highest BCUT2D eigenvalue weighted by Crippen LogP contribution is 2.25. The van der Waals surface area contributed by atoms with Crippen LogP contribution in [0, 0.1) is 0 Å². The topological polar surface area (TPSA) is 42.0 Å². The van der Waals surface area contributed by atoms with Crippen molar-refractivity contribution < 1.29 is 14.3 Å². The third kappa shape index (κ3) is 5.04. The van der Waals surface area contributed by atoms with E-state index in [1.165, 1.54) is 0 Å². The maximum Gasteiger partial charge on any atom is 0.223 e. The Bertz CT molecular complexity index is 517. The smallest absolute Gasteiger partial charge is 0.223 e. The molecule has 0 radical (unpaired) electrons. The highest BCUT2D eigenvalue weighted by Gasteiger charge is 2.21. The van der Waals surface area contributed by atoms with E-state index >= 15 is 0 Å². The number of ether oxygens (including phenoxy) is 2. The normalized spacial score (nSPS) is 15.5. The third-order valence-electron chi connectivity index (χ3n) is 4.13. The second-order valence-corrected chi connectivity index (χ2v) is 6.56. The van der Waals surface area contributed by atoms with Crippen molar-refractivity contribution in [1.29, 1.82) is 0 Å². The number of carbonyl (C=O) groups is 1. The lowest BCUT2D eigenvalue weighted by Crippen LogP contribution is -2.48. The molecule has 0 aliphatic carbocycles. The molecule has 1 fully saturated rings. The summed E-state index contributed by atoms with van der Waals surface area (Å²) in [6.45, 7) is 4.21. The Morgan fingerprint density at radius 1 is 1.17 bits per heavy atom. The molecule has 1 aromatic carbocycles. The fourth-order valence-electron chi connectivity index (χ4n) is 2.75. The van der Waals surface area contributed by atoms with Gasteiger partial charge in [0.1, 0.15) is 11.5 Å². The Morgan fingerprint density at radius 2 is 1.91 bits per heavy atom. The molecule has 0 atom stereocenters. The molecule has 23 heavy (non-hydrogen) atoms. The van der Waals surface area contributed by atoms with Crippen LogP contribution in [0.3, 0.4) is 0 Å². The number of benzene rings is 1. The molecule has 1 saturated heterocycles. The largest absolute Gasteiger partial charge is 0.497 e. The summed E-state index contributed by atoms with van der Waals surface area (Å²) in [6.07, 6.45) is 2.68. The lowest BCUT2D eigenvalue weighted by molar-refractivity contribution is -0.132. The van der Waals surface area contributed by atoms with E-state index in [-0.39, 0.29) is 5.91 Å². The summed E-state index contributed by atoms with van der Waals surface area (Å²) in [6, 6.07) is 5.87. The Balaban J connectivity index is 1.90. The number of hydrogen-bond donors (Lipinski definition) is 0. The number of carbonyl (C=O) groups excluding carboxylic acids is 1. The van der Waals surface area contributed by atoms with Gasteiger partial charge in [0, 0.05) is 50.5 Å². The lowest BCUT2D eigenvalue weighted by atomic mass is 10.1. The monoisotopic (exact) mass is 338 g/mol. The van der Waals surface area contributed by atoms with Crippen LogP contribution in [-0.2, 0) is 11.3 Å². The molecule has 0 spiro atoms. The van der Waals surface area contributed by atoms with Crippen LogP contribution in [0.25, 0.3) is 0 Å². The van der Waals surface area contributed by atoms with Crippen molar-refractivity contribution in [1.82, 2.24) is 9.80 Å². The van der Waals surface area contributed by atoms with Gasteiger partial charge in [-0.25, -0.2) is 0 Å². The molecule has 1 aliphatic rings. The summed E-state index contributed by atoms with van der Waals surface area (Å²) in [5, 5.41) is 0. The fraction of sp³-hybridized carbons (Fsp3) is 0.588. The predicted molar refractivity (Wildman–Crippen MR) is 94.4 cm³/mol. The summed E-state index contributed by atoms with van der Waals surface area (Å²) < 4.78 is 10.7. The standard InChI is InChI=1S/C17H26N2O3S/c1-21-15-4-5-16(22-2)14(12-15)13-18-7-9-19(10-8-18)17(20)6-11-23-3/h4-5,12H,6-11,13H2,1-3H3. The number of piperazine rings is 1. The van der Waals surface area contributed by atoms with E-state index in [9.17, 15) is 4.79 Å². The first-order valence-corrected chi connectivity index (χ1v) is 9.27. The molecule has 1 aromatic rings. The van der Waals surface area contributed by atoms with Gasteiger partial charge in [-0.1, -0.05) is 0 Å². The van der Waals surface area contributed by atoms with Crippen LogP contribution >= 0.6 is 11.8 Å². The molecule has 1 heterocycles. The minimum Gasteiger partial charge on any atom is -0.497 e. The van der Waals surface area contributed by atoms with Crippen LogP contribution in [0.4, 0.5) is 0 Å². The molecule has 0 N–H and O–H groups in total. The first-order chi connectivity index (χ1) is 11.2. The number of hydrogen-bond acceptors (Lipinski definition) is 5. The van der Waals surface area contributed by atoms with Gasteiger partial charge in [0.2, 0.25) is 5.91 Å². The molecule has 0 saturated carbocycles. The zero-order valence-electron chi connectivity index (χ0n) is 14.2. The van der Waals surface area contributed by atoms with E-state index in [4.69, 9.17) is 9.47 Å². The minimum absolute atomic E-state index is 0.276. The van der Waals surface area contributed by atoms with Gasteiger partial charge in [-0.05, 0) is 24.5 Å². The number of thioether (sulfide) groups is 1. The average molecular weight is 338 g/mol. The van der Waals surface area contributed by atoms with E-state index in [0.29, 0.717) is 6.42 Å². The summed E-state index contributed by atoms with van der Waals surface area (Å²) >= 11 is 1.72. The number of nitrogens with zero attached hydrogens (tertiary/aromatic N) is 2. The van der Waals surface area contributed by atoms with Crippen molar-refractivity contribution in [2.45, 2.75) is 13.0 Å². The maximum absolute atomic E-state index is 12.1. The maximum atomic E-state index is 12.1. The second-order valence-electron chi connectivity index (χ2n) is 5.58. The molecule has 0 aromatic heterocycles. The van der Waals surface area contributed by atoms with E-state index < -0.39 is 0 Å². The summed E-state index contributed by atoms with van der Waals surface area (Å²) in [7, 11) is 3.36. The Hall–Kier alpha value is -1.40. The molecular weight excluding hydrogens is 312 g/mol. The summed E-state index contributed by atoms with van der Waals surface area (Å²) in [5.41, 5.74) is 1.12. The zero-order chi connectivity index (χ0) is 16.7. The molecule has 2 rings (SSSR count). The Morgan fingerprint density at radius 3 is 2.52 bits per heavy atom. The van der Waals surface area contributed by atoms with E-state index in [1.54, 1.807) is 26.0 Å². The van der Waals surface area contributed by atoms with Crippen molar-refractivity contribution in [2.24, 2.45) is 0 Å². The highest BCUT2D eigenvalue weighted by atomic mass is 32.2. The predicted octanol–water partition coefficient (Wildman–Crippen LogP) is 2.10. The number of amides is 1. The van der Waals surface area contributed by atoms with Crippen molar-refractivity contribution in [3.63, 3.8) is 0 Å². The van der Waals surface area contributed by atoms with Gasteiger partial charge in [0.05, 0.1) is 14.2 Å². The van der Waals surface area contributed by atoms with Crippen LogP contribution in [0.2, 0.25) is 0 Å². The third-order valence-corrected chi connectivity index (χ3v) is 4.74. The molecule has 1 amide bonds. The fourth-order valence-corrected chi connectivity index (χ4v) is 3.13. The molecule has 5 nitrogen and oxygen atoms in total. The van der Waals surface area contributed by atoms with Gasteiger partial charge in [-0.2, -0.15) is 11.8 Å². The average Bonchev–Trinajstić information content (AvgIpc) is 2.60. The van der Waals surface area contributed by atoms with Gasteiger partial charge in [0.15, 0.2) is 0 Å². The van der Waals surface area contributed by atoms with Gasteiger partial charge < -0.3 is 14.4 Å². The van der Waals surface area contributed by atoms with E-state index in [1.807, 2.05) is 29.4 Å². The Kier molecular flexibility index (Phi) is 7.05. The first-order valence-electron chi connectivity index (χ1n) is 7.88. The van der Waals surface area contributed by atoms with Crippen molar-refractivity contribution >= 4 is 17.7 Å². The zero-order valence-corrected chi connectivity index (χ0v) is 15.0. The van der Waals surface area contributed by atoms with E-state index in [2.05, 4.69) is 4.90 Å². The number of methoxy groups -OCH3 is 2. The van der Waals surface area contributed by atoms with Gasteiger partial charge in [-0.3, -0.25) is 9.69 Å². The molecular formula is C17H26N2O3S. The van der Waals surface area contributed by atoms with E-state index in [0.717, 1.165) is 55.5 Å². The highest BCUT2D eigenvalue weighted by molar-refractivity contribution is 7.98. The Labute approximate surface area is 142 Å². The summed E-state index contributed by atoms with van der Waals surface area (Å²) in [4.78, 5) is 16.4. The van der Waals surface area contributed by atoms with Crippen molar-refractivity contribution in [2.75, 3.05) is 52.4 Å². The molecule has 128 valence electrons. The SMILES string of the molecule is COc1ccc(OC)c(CN2CCN(C(=O)CCSC)CC2)c1. The van der Waals surface area contributed by atoms with Gasteiger partial charge in [-0.15, -0.1) is 0 Å².